The van der Waals surface area contributed by atoms with Gasteiger partial charge in [0, 0.05) is 19.6 Å². The van der Waals surface area contributed by atoms with Gasteiger partial charge in [-0.2, -0.15) is 5.10 Å². The molecule has 2 atom stereocenters. The predicted molar refractivity (Wildman–Crippen MR) is 67.6 cm³/mol. The van der Waals surface area contributed by atoms with Crippen LogP contribution in [0.4, 0.5) is 11.5 Å². The number of nitrogen functional groups attached to an aromatic ring is 1. The Labute approximate surface area is 97.4 Å². The lowest BCUT2D eigenvalue weighted by atomic mass is 10.1. The highest BCUT2D eigenvalue weighted by atomic mass is 15.4. The van der Waals surface area contributed by atoms with Gasteiger partial charge in [0.25, 0.3) is 0 Å². The van der Waals surface area contributed by atoms with Gasteiger partial charge < -0.3 is 10.6 Å². The first-order valence-electron chi connectivity index (χ1n) is 6.12. The summed E-state index contributed by atoms with van der Waals surface area (Å²) in [6.07, 6.45) is 2.14. The van der Waals surface area contributed by atoms with Gasteiger partial charge in [-0.1, -0.05) is 13.8 Å². The average Bonchev–Trinajstić information content (AvgIpc) is 2.67. The minimum atomic E-state index is 0.567. The molecular weight excluding hydrogens is 200 g/mol. The fourth-order valence-electron chi connectivity index (χ4n) is 2.78. The zero-order chi connectivity index (χ0) is 11.9. The van der Waals surface area contributed by atoms with Gasteiger partial charge in [-0.25, -0.2) is 0 Å². The van der Waals surface area contributed by atoms with Gasteiger partial charge in [0.2, 0.25) is 0 Å². The van der Waals surface area contributed by atoms with E-state index < -0.39 is 0 Å². The van der Waals surface area contributed by atoms with Crippen LogP contribution in [0.25, 0.3) is 0 Å². The Kier molecular flexibility index (Phi) is 2.82. The first-order chi connectivity index (χ1) is 7.54. The minimum Gasteiger partial charge on any atom is -0.394 e. The lowest BCUT2D eigenvalue weighted by Crippen LogP contribution is -2.29. The number of nitrogens with zero attached hydrogens (tertiary/aromatic N) is 3. The summed E-state index contributed by atoms with van der Waals surface area (Å²) in [5, 5.41) is 4.48. The summed E-state index contributed by atoms with van der Waals surface area (Å²) in [6.45, 7) is 7.75. The number of rotatable bonds is 2. The number of anilines is 2. The molecule has 1 aromatic heterocycles. The van der Waals surface area contributed by atoms with E-state index in [1.165, 1.54) is 6.42 Å². The maximum atomic E-state index is 6.18. The normalized spacial score (nSPS) is 25.4. The molecule has 1 aromatic rings. The molecule has 4 heteroatoms. The van der Waals surface area contributed by atoms with Gasteiger partial charge in [0.05, 0.1) is 11.4 Å². The van der Waals surface area contributed by atoms with Crippen LogP contribution in [0.5, 0.6) is 0 Å². The van der Waals surface area contributed by atoms with E-state index in [2.05, 4.69) is 30.8 Å². The molecule has 0 aliphatic carbocycles. The highest BCUT2D eigenvalue weighted by molar-refractivity contribution is 5.67. The lowest BCUT2D eigenvalue weighted by molar-refractivity contribution is 0.624. The molecule has 0 saturated carbocycles. The van der Waals surface area contributed by atoms with E-state index in [1.807, 2.05) is 11.7 Å². The maximum Gasteiger partial charge on any atom is 0.150 e. The summed E-state index contributed by atoms with van der Waals surface area (Å²) in [5.74, 6) is 1.85. The molecule has 2 rings (SSSR count). The molecule has 2 heterocycles. The van der Waals surface area contributed by atoms with E-state index in [0.717, 1.165) is 36.1 Å². The van der Waals surface area contributed by atoms with Crippen LogP contribution in [0.3, 0.4) is 0 Å². The average molecular weight is 222 g/mol. The second kappa shape index (κ2) is 4.00. The predicted octanol–water partition coefficient (Wildman–Crippen LogP) is 1.80. The Hall–Kier alpha value is -1.19. The quantitative estimate of drug-likeness (QED) is 0.830. The molecule has 1 aliphatic rings. The highest BCUT2D eigenvalue weighted by Crippen LogP contribution is 2.33. The van der Waals surface area contributed by atoms with Crippen molar-refractivity contribution < 1.29 is 0 Å². The molecule has 16 heavy (non-hydrogen) atoms. The molecule has 1 saturated heterocycles. The molecule has 4 nitrogen and oxygen atoms in total. The van der Waals surface area contributed by atoms with E-state index >= 15 is 0 Å². The van der Waals surface area contributed by atoms with E-state index in [4.69, 9.17) is 5.73 Å². The smallest absolute Gasteiger partial charge is 0.150 e. The molecule has 90 valence electrons. The van der Waals surface area contributed by atoms with Crippen LogP contribution in [-0.4, -0.2) is 22.4 Å². The summed E-state index contributed by atoms with van der Waals surface area (Å²) in [5.41, 5.74) is 8.06. The van der Waals surface area contributed by atoms with Crippen molar-refractivity contribution in [2.24, 2.45) is 13.0 Å². The van der Waals surface area contributed by atoms with Crippen LogP contribution in [-0.2, 0) is 13.5 Å². The number of hydrogen-bond acceptors (Lipinski definition) is 3. The van der Waals surface area contributed by atoms with E-state index in [9.17, 15) is 0 Å². The zero-order valence-corrected chi connectivity index (χ0v) is 10.7. The number of hydrogen-bond donors (Lipinski definition) is 1. The fourth-order valence-corrected chi connectivity index (χ4v) is 2.78. The largest absolute Gasteiger partial charge is 0.394 e. The molecule has 0 amide bonds. The van der Waals surface area contributed by atoms with Gasteiger partial charge >= 0.3 is 0 Å². The van der Waals surface area contributed by atoms with E-state index in [0.29, 0.717) is 6.04 Å². The maximum absolute atomic E-state index is 6.18. The lowest BCUT2D eigenvalue weighted by Gasteiger charge is -2.24. The highest BCUT2D eigenvalue weighted by Gasteiger charge is 2.30. The van der Waals surface area contributed by atoms with Crippen molar-refractivity contribution in [3.63, 3.8) is 0 Å². The molecule has 0 radical (unpaired) electrons. The molecule has 2 N–H and O–H groups in total. The summed E-state index contributed by atoms with van der Waals surface area (Å²) in [6, 6.07) is 0.567. The molecule has 2 unspecified atom stereocenters. The van der Waals surface area contributed by atoms with Crippen molar-refractivity contribution in [1.82, 2.24) is 9.78 Å². The van der Waals surface area contributed by atoms with Gasteiger partial charge in [-0.15, -0.1) is 0 Å². The molecule has 1 fully saturated rings. The third-order valence-corrected chi connectivity index (χ3v) is 3.52. The Morgan fingerprint density at radius 3 is 2.56 bits per heavy atom. The summed E-state index contributed by atoms with van der Waals surface area (Å²) < 4.78 is 1.93. The van der Waals surface area contributed by atoms with Crippen LogP contribution in [0.2, 0.25) is 0 Å². The van der Waals surface area contributed by atoms with Gasteiger partial charge in [-0.05, 0) is 25.7 Å². The van der Waals surface area contributed by atoms with E-state index in [1.54, 1.807) is 0 Å². The number of aromatic nitrogens is 2. The van der Waals surface area contributed by atoms with Crippen LogP contribution < -0.4 is 10.6 Å². The first-order valence-corrected chi connectivity index (χ1v) is 6.12. The van der Waals surface area contributed by atoms with Crippen molar-refractivity contribution in [2.45, 2.75) is 39.7 Å². The molecule has 0 aromatic carbocycles. The van der Waals surface area contributed by atoms with Crippen molar-refractivity contribution in [3.05, 3.63) is 5.69 Å². The van der Waals surface area contributed by atoms with Crippen LogP contribution in [0, 0.1) is 5.92 Å². The topological polar surface area (TPSA) is 47.1 Å². The first kappa shape index (κ1) is 11.3. The Morgan fingerprint density at radius 2 is 2.12 bits per heavy atom. The second-order valence-electron chi connectivity index (χ2n) is 5.00. The van der Waals surface area contributed by atoms with Crippen molar-refractivity contribution in [2.75, 3.05) is 17.2 Å². The summed E-state index contributed by atoms with van der Waals surface area (Å²) in [4.78, 5) is 2.40. The molecular formula is C12H22N4. The summed E-state index contributed by atoms with van der Waals surface area (Å²) in [7, 11) is 1.99. The third kappa shape index (κ3) is 1.66. The zero-order valence-electron chi connectivity index (χ0n) is 10.7. The van der Waals surface area contributed by atoms with Gasteiger partial charge in [-0.3, -0.25) is 4.68 Å². The van der Waals surface area contributed by atoms with Crippen molar-refractivity contribution in [1.29, 1.82) is 0 Å². The Morgan fingerprint density at radius 1 is 1.44 bits per heavy atom. The summed E-state index contributed by atoms with van der Waals surface area (Å²) >= 11 is 0. The fraction of sp³-hybridized carbons (Fsp3) is 0.750. The van der Waals surface area contributed by atoms with Crippen LogP contribution in [0.1, 0.15) is 32.9 Å². The van der Waals surface area contributed by atoms with Gasteiger partial charge in [0.1, 0.15) is 0 Å². The molecule has 1 aliphatic heterocycles. The second-order valence-corrected chi connectivity index (χ2v) is 5.00. The van der Waals surface area contributed by atoms with E-state index in [-0.39, 0.29) is 0 Å². The minimum absolute atomic E-state index is 0.567. The van der Waals surface area contributed by atoms with Crippen molar-refractivity contribution in [3.8, 4) is 0 Å². The number of nitrogens with two attached hydrogens (primary N) is 1. The van der Waals surface area contributed by atoms with Crippen LogP contribution in [0.15, 0.2) is 0 Å². The van der Waals surface area contributed by atoms with Crippen molar-refractivity contribution >= 4 is 11.5 Å². The molecule has 0 spiro atoms. The standard InChI is InChI=1S/C12H22N4/c1-5-10-11(13)12(15(4)14-10)16-7-8(2)6-9(16)3/h8-9H,5-7,13H2,1-4H3. The molecule has 0 bridgehead atoms. The SMILES string of the molecule is CCc1nn(C)c(N2CC(C)CC2C)c1N. The monoisotopic (exact) mass is 222 g/mol. The third-order valence-electron chi connectivity index (χ3n) is 3.52. The van der Waals surface area contributed by atoms with Crippen LogP contribution >= 0.6 is 0 Å². The number of aryl methyl sites for hydroxylation is 2. The Balaban J connectivity index is 2.36. The Bertz CT molecular complexity index is 383. The van der Waals surface area contributed by atoms with Gasteiger partial charge in [0.15, 0.2) is 5.82 Å².